The molecule has 1 atom stereocenters. The molecule has 0 saturated heterocycles. The van der Waals surface area contributed by atoms with Crippen molar-refractivity contribution in [3.8, 4) is 0 Å². The van der Waals surface area contributed by atoms with Crippen molar-refractivity contribution in [1.82, 2.24) is 16.0 Å². The van der Waals surface area contributed by atoms with Gasteiger partial charge in [0.1, 0.15) is 0 Å². The predicted molar refractivity (Wildman–Crippen MR) is 132 cm³/mol. The van der Waals surface area contributed by atoms with Crippen LogP contribution in [-0.2, 0) is 33.4 Å². The zero-order chi connectivity index (χ0) is 27.1. The van der Waals surface area contributed by atoms with E-state index in [-0.39, 0.29) is 24.5 Å². The molecular formula is C25H45N3O7. The molecule has 202 valence electrons. The molecule has 0 aliphatic carbocycles. The molecule has 0 bridgehead atoms. The van der Waals surface area contributed by atoms with Gasteiger partial charge in [0.25, 0.3) is 0 Å². The van der Waals surface area contributed by atoms with E-state index in [1.165, 1.54) is 0 Å². The zero-order valence-corrected chi connectivity index (χ0v) is 22.6. The number of ether oxygens (including phenoxy) is 2. The lowest BCUT2D eigenvalue weighted by Crippen LogP contribution is -2.49. The van der Waals surface area contributed by atoms with E-state index in [4.69, 9.17) is 9.47 Å². The number of carbonyl (C=O) groups excluding carboxylic acids is 5. The van der Waals surface area contributed by atoms with Gasteiger partial charge >= 0.3 is 11.9 Å². The van der Waals surface area contributed by atoms with E-state index in [2.05, 4.69) is 29.8 Å². The summed E-state index contributed by atoms with van der Waals surface area (Å²) in [7, 11) is 0. The summed E-state index contributed by atoms with van der Waals surface area (Å²) in [6.45, 7) is 15.0. The number of rotatable bonds is 17. The van der Waals surface area contributed by atoms with Crippen molar-refractivity contribution in [3.63, 3.8) is 0 Å². The van der Waals surface area contributed by atoms with Crippen LogP contribution in [0.2, 0.25) is 0 Å². The Kier molecular flexibility index (Phi) is 15.8. The lowest BCUT2D eigenvalue weighted by Gasteiger charge is -2.20. The average molecular weight is 500 g/mol. The summed E-state index contributed by atoms with van der Waals surface area (Å²) in [6, 6.07) is -1.86. The molecule has 3 N–H and O–H groups in total. The van der Waals surface area contributed by atoms with Crippen LogP contribution in [0.3, 0.4) is 0 Å². The third kappa shape index (κ3) is 15.2. The Morgan fingerprint density at radius 2 is 1.17 bits per heavy atom. The largest absolute Gasteiger partial charge is 0.461 e. The van der Waals surface area contributed by atoms with Gasteiger partial charge in [0.15, 0.2) is 5.78 Å². The number of carbonyl (C=O) groups is 5. The molecular weight excluding hydrogens is 454 g/mol. The number of Topliss-reactive ketones (excluding diaryl/α,β-unsaturated/α-hetero) is 1. The van der Waals surface area contributed by atoms with Gasteiger partial charge in [0.2, 0.25) is 17.9 Å². The van der Waals surface area contributed by atoms with Crippen molar-refractivity contribution in [3.05, 3.63) is 0 Å². The summed E-state index contributed by atoms with van der Waals surface area (Å²) in [5.41, 5.74) is 0. The van der Waals surface area contributed by atoms with Crippen molar-refractivity contribution in [1.29, 1.82) is 0 Å². The fraction of sp³-hybridized carbons (Fsp3) is 0.800. The molecule has 10 heteroatoms. The first kappa shape index (κ1) is 32.5. The van der Waals surface area contributed by atoms with Crippen molar-refractivity contribution in [2.45, 2.75) is 118 Å². The van der Waals surface area contributed by atoms with Crippen molar-refractivity contribution in [2.75, 3.05) is 6.54 Å². The Balaban J connectivity index is 4.91. The monoisotopic (exact) mass is 499 g/mol. The van der Waals surface area contributed by atoms with Gasteiger partial charge in [0.05, 0.1) is 18.2 Å². The number of unbranched alkanes of at least 4 members (excludes halogenated alkanes) is 1. The van der Waals surface area contributed by atoms with Crippen LogP contribution < -0.4 is 16.0 Å². The lowest BCUT2D eigenvalue weighted by atomic mass is 9.97. The van der Waals surface area contributed by atoms with E-state index in [1.807, 2.05) is 0 Å². The third-order valence-corrected chi connectivity index (χ3v) is 4.78. The molecule has 0 spiro atoms. The van der Waals surface area contributed by atoms with Crippen LogP contribution in [-0.4, -0.2) is 66.4 Å². The molecule has 0 aromatic heterocycles. The van der Waals surface area contributed by atoms with Gasteiger partial charge in [-0.3, -0.25) is 14.4 Å². The highest BCUT2D eigenvalue weighted by Gasteiger charge is 2.33. The Hall–Kier alpha value is -2.49. The Morgan fingerprint density at radius 1 is 0.686 bits per heavy atom. The SMILES string of the molecule is CC(C)NCCCC[C@H](NC(=O)CCC(=O)NC(C(=O)OC(C)C)C(=O)OC(C)C)C(=O)C(C)C. The number of amides is 2. The van der Waals surface area contributed by atoms with Crippen LogP contribution in [0.4, 0.5) is 0 Å². The minimum Gasteiger partial charge on any atom is -0.461 e. The molecule has 0 aliphatic rings. The number of nitrogens with one attached hydrogen (secondary N) is 3. The maximum absolute atomic E-state index is 12.5. The molecule has 35 heavy (non-hydrogen) atoms. The number of ketones is 1. The first-order valence-electron chi connectivity index (χ1n) is 12.5. The van der Waals surface area contributed by atoms with Crippen molar-refractivity contribution < 1.29 is 33.4 Å². The normalized spacial score (nSPS) is 12.3. The minimum absolute atomic E-state index is 0.0625. The van der Waals surface area contributed by atoms with Crippen LogP contribution in [0.5, 0.6) is 0 Å². The molecule has 0 saturated carbocycles. The standard InChI is InChI=1S/C25H45N3O7/c1-15(2)23(31)19(11-9-10-14-26-16(3)4)27-20(29)12-13-21(30)28-22(24(32)34-17(5)6)25(33)35-18(7)8/h15-19,22,26H,9-14H2,1-8H3,(H,27,29)(H,28,30)/t19-/m0/s1. The molecule has 0 heterocycles. The van der Waals surface area contributed by atoms with E-state index in [1.54, 1.807) is 41.5 Å². The van der Waals surface area contributed by atoms with E-state index < -0.39 is 48.0 Å². The first-order chi connectivity index (χ1) is 16.2. The van der Waals surface area contributed by atoms with Crippen molar-refractivity contribution >= 4 is 29.5 Å². The maximum atomic E-state index is 12.5. The lowest BCUT2D eigenvalue weighted by molar-refractivity contribution is -0.164. The molecule has 10 nitrogen and oxygen atoms in total. The van der Waals surface area contributed by atoms with Crippen molar-refractivity contribution in [2.24, 2.45) is 5.92 Å². The van der Waals surface area contributed by atoms with Gasteiger partial charge in [-0.05, 0) is 53.5 Å². The highest BCUT2D eigenvalue weighted by Crippen LogP contribution is 2.09. The topological polar surface area (TPSA) is 140 Å². The van der Waals surface area contributed by atoms with Gasteiger partial charge < -0.3 is 25.4 Å². The quantitative estimate of drug-likeness (QED) is 0.157. The van der Waals surface area contributed by atoms with Gasteiger partial charge in [0, 0.05) is 24.8 Å². The van der Waals surface area contributed by atoms with E-state index in [9.17, 15) is 24.0 Å². The maximum Gasteiger partial charge on any atom is 0.340 e. The Morgan fingerprint density at radius 3 is 1.60 bits per heavy atom. The predicted octanol–water partition coefficient (Wildman–Crippen LogP) is 2.03. The molecule has 0 aromatic rings. The zero-order valence-electron chi connectivity index (χ0n) is 22.6. The Labute approximate surface area is 209 Å². The van der Waals surface area contributed by atoms with E-state index in [0.717, 1.165) is 19.4 Å². The second kappa shape index (κ2) is 17.0. The molecule has 0 fully saturated rings. The Bertz CT molecular complexity index is 683. The number of esters is 2. The summed E-state index contributed by atoms with van der Waals surface area (Å²) in [4.78, 5) is 61.9. The molecule has 0 rings (SSSR count). The fourth-order valence-corrected chi connectivity index (χ4v) is 3.09. The average Bonchev–Trinajstić information content (AvgIpc) is 2.72. The second-order valence-corrected chi connectivity index (χ2v) is 9.75. The van der Waals surface area contributed by atoms with Crippen LogP contribution >= 0.6 is 0 Å². The summed E-state index contributed by atoms with van der Waals surface area (Å²) < 4.78 is 10.1. The van der Waals surface area contributed by atoms with Crippen LogP contribution in [0.1, 0.15) is 87.5 Å². The van der Waals surface area contributed by atoms with E-state index >= 15 is 0 Å². The summed E-state index contributed by atoms with van der Waals surface area (Å²) in [5, 5.41) is 8.34. The molecule has 0 unspecified atom stereocenters. The van der Waals surface area contributed by atoms with Gasteiger partial charge in [-0.15, -0.1) is 0 Å². The molecule has 0 aromatic carbocycles. The minimum atomic E-state index is -1.62. The number of hydrogen-bond acceptors (Lipinski definition) is 8. The van der Waals surface area contributed by atoms with Crippen LogP contribution in [0, 0.1) is 5.92 Å². The van der Waals surface area contributed by atoms with E-state index in [0.29, 0.717) is 12.5 Å². The second-order valence-electron chi connectivity index (χ2n) is 9.75. The highest BCUT2D eigenvalue weighted by molar-refractivity contribution is 6.02. The smallest absolute Gasteiger partial charge is 0.340 e. The molecule has 2 amide bonds. The fourth-order valence-electron chi connectivity index (χ4n) is 3.09. The van der Waals surface area contributed by atoms with Gasteiger partial charge in [-0.25, -0.2) is 9.59 Å². The number of hydrogen-bond donors (Lipinski definition) is 3. The molecule has 0 radical (unpaired) electrons. The van der Waals surface area contributed by atoms with Crippen LogP contribution in [0.15, 0.2) is 0 Å². The first-order valence-corrected chi connectivity index (χ1v) is 12.5. The van der Waals surface area contributed by atoms with Crippen LogP contribution in [0.25, 0.3) is 0 Å². The summed E-state index contributed by atoms with van der Waals surface area (Å²) >= 11 is 0. The third-order valence-electron chi connectivity index (χ3n) is 4.78. The van der Waals surface area contributed by atoms with Gasteiger partial charge in [-0.1, -0.05) is 27.7 Å². The highest BCUT2D eigenvalue weighted by atomic mass is 16.6. The van der Waals surface area contributed by atoms with Gasteiger partial charge in [-0.2, -0.15) is 0 Å². The summed E-state index contributed by atoms with van der Waals surface area (Å²) in [5.74, 6) is -3.30. The molecule has 0 aliphatic heterocycles. The summed E-state index contributed by atoms with van der Waals surface area (Å²) in [6.07, 6.45) is 0.701.